The van der Waals surface area contributed by atoms with Crippen molar-refractivity contribution in [1.82, 2.24) is 0 Å². The number of allylic oxidation sites excluding steroid dienone is 3. The number of hydrogen-bond donors (Lipinski definition) is 0. The molecule has 2 aromatic carbocycles. The Morgan fingerprint density at radius 3 is 2.45 bits per heavy atom. The highest BCUT2D eigenvalue weighted by Gasteiger charge is 2.19. The Bertz CT molecular complexity index is 681. The molecule has 0 fully saturated rings. The number of para-hydroxylation sites is 1. The number of benzene rings is 2. The van der Waals surface area contributed by atoms with Crippen molar-refractivity contribution in [1.29, 1.82) is 0 Å². The summed E-state index contributed by atoms with van der Waals surface area (Å²) in [6.07, 6.45) is 4.11. The van der Waals surface area contributed by atoms with E-state index in [1.165, 1.54) is 16.0 Å². The fourth-order valence-electron chi connectivity index (χ4n) is 1.89. The van der Waals surface area contributed by atoms with Gasteiger partial charge in [-0.05, 0) is 44.2 Å². The lowest BCUT2D eigenvalue weighted by Gasteiger charge is -2.08. The van der Waals surface area contributed by atoms with Crippen LogP contribution >= 0.6 is 11.8 Å². The molecule has 0 saturated carbocycles. The summed E-state index contributed by atoms with van der Waals surface area (Å²) in [7, 11) is 0. The van der Waals surface area contributed by atoms with Gasteiger partial charge in [-0.15, -0.1) is 0 Å². The van der Waals surface area contributed by atoms with Gasteiger partial charge < -0.3 is 4.74 Å². The van der Waals surface area contributed by atoms with Crippen molar-refractivity contribution >= 4 is 11.8 Å². The van der Waals surface area contributed by atoms with Gasteiger partial charge in [0.1, 0.15) is 11.5 Å². The zero-order valence-electron chi connectivity index (χ0n) is 11.6. The summed E-state index contributed by atoms with van der Waals surface area (Å²) in [5.74, 6) is 1.89. The molecule has 0 atom stereocenters. The van der Waals surface area contributed by atoms with Crippen molar-refractivity contribution in [3.05, 3.63) is 77.6 Å². The van der Waals surface area contributed by atoms with Gasteiger partial charge in [0, 0.05) is 10.5 Å². The summed E-state index contributed by atoms with van der Waals surface area (Å²) in [5, 5.41) is 0. The molecule has 0 heterocycles. The molecular formula is C18H16OS. The molecule has 20 heavy (non-hydrogen) atoms. The molecule has 0 radical (unpaired) electrons. The van der Waals surface area contributed by atoms with E-state index in [4.69, 9.17) is 4.74 Å². The average Bonchev–Trinajstić information content (AvgIpc) is 3.22. The zero-order chi connectivity index (χ0) is 13.9. The summed E-state index contributed by atoms with van der Waals surface area (Å²) in [6.45, 7) is 4.12. The Hall–Kier alpha value is -1.93. The van der Waals surface area contributed by atoms with Crippen molar-refractivity contribution < 1.29 is 4.74 Å². The number of rotatable bonds is 4. The molecule has 100 valence electrons. The van der Waals surface area contributed by atoms with E-state index in [2.05, 4.69) is 43.3 Å². The molecule has 0 saturated heterocycles. The fraction of sp³-hybridized carbons (Fsp3) is 0.111. The number of hydrogen-bond acceptors (Lipinski definition) is 2. The van der Waals surface area contributed by atoms with Crippen LogP contribution in [0.25, 0.3) is 0 Å². The summed E-state index contributed by atoms with van der Waals surface area (Å²) in [4.78, 5) is 2.36. The SMILES string of the molecule is C/C=C1C=C/1Oc1ccccc1Sc1ccc(C)cc1. The summed E-state index contributed by atoms with van der Waals surface area (Å²) in [5.41, 5.74) is 2.47. The third-order valence-electron chi connectivity index (χ3n) is 3.12. The molecule has 0 bridgehead atoms. The Balaban J connectivity index is 1.79. The molecule has 0 aromatic heterocycles. The van der Waals surface area contributed by atoms with Crippen LogP contribution < -0.4 is 4.74 Å². The molecule has 2 heteroatoms. The average molecular weight is 280 g/mol. The van der Waals surface area contributed by atoms with Crippen LogP contribution in [0.4, 0.5) is 0 Å². The van der Waals surface area contributed by atoms with Crippen LogP contribution in [0.1, 0.15) is 12.5 Å². The fourth-order valence-corrected chi connectivity index (χ4v) is 2.77. The lowest BCUT2D eigenvalue weighted by Crippen LogP contribution is -1.88. The van der Waals surface area contributed by atoms with E-state index in [1.807, 2.05) is 31.2 Å². The minimum atomic E-state index is 0.918. The molecular weight excluding hydrogens is 264 g/mol. The molecule has 0 aliphatic heterocycles. The van der Waals surface area contributed by atoms with Crippen LogP contribution in [0.3, 0.4) is 0 Å². The molecule has 1 aliphatic rings. The van der Waals surface area contributed by atoms with E-state index in [1.54, 1.807) is 11.8 Å². The van der Waals surface area contributed by atoms with Crippen molar-refractivity contribution in [3.63, 3.8) is 0 Å². The van der Waals surface area contributed by atoms with E-state index in [0.29, 0.717) is 0 Å². The van der Waals surface area contributed by atoms with Gasteiger partial charge in [0.2, 0.25) is 0 Å². The molecule has 0 N–H and O–H groups in total. The summed E-state index contributed by atoms with van der Waals surface area (Å²) < 4.78 is 5.93. The highest BCUT2D eigenvalue weighted by Crippen LogP contribution is 2.38. The van der Waals surface area contributed by atoms with Gasteiger partial charge in [-0.1, -0.05) is 47.7 Å². The van der Waals surface area contributed by atoms with Gasteiger partial charge in [-0.2, -0.15) is 0 Å². The summed E-state index contributed by atoms with van der Waals surface area (Å²) in [6, 6.07) is 16.7. The van der Waals surface area contributed by atoms with E-state index < -0.39 is 0 Å². The first kappa shape index (κ1) is 13.1. The Morgan fingerprint density at radius 2 is 1.75 bits per heavy atom. The predicted octanol–water partition coefficient (Wildman–Crippen LogP) is 5.37. The normalized spacial score (nSPS) is 15.1. The number of aryl methyl sites for hydroxylation is 1. The monoisotopic (exact) mass is 280 g/mol. The topological polar surface area (TPSA) is 9.23 Å². The minimum absolute atomic E-state index is 0.918. The Kier molecular flexibility index (Phi) is 3.66. The van der Waals surface area contributed by atoms with Gasteiger partial charge in [0.25, 0.3) is 0 Å². The van der Waals surface area contributed by atoms with E-state index in [9.17, 15) is 0 Å². The Labute approximate surface area is 124 Å². The quantitative estimate of drug-likeness (QED) is 0.744. The van der Waals surface area contributed by atoms with Crippen LogP contribution in [0.15, 0.2) is 81.8 Å². The first-order valence-corrected chi connectivity index (χ1v) is 7.48. The van der Waals surface area contributed by atoms with Crippen LogP contribution in [-0.2, 0) is 0 Å². The molecule has 0 amide bonds. The van der Waals surface area contributed by atoms with E-state index >= 15 is 0 Å². The predicted molar refractivity (Wildman–Crippen MR) is 84.2 cm³/mol. The molecule has 0 spiro atoms. The maximum absolute atomic E-state index is 5.93. The highest BCUT2D eigenvalue weighted by molar-refractivity contribution is 7.99. The van der Waals surface area contributed by atoms with Gasteiger partial charge >= 0.3 is 0 Å². The third-order valence-corrected chi connectivity index (χ3v) is 4.18. The minimum Gasteiger partial charge on any atom is -0.456 e. The van der Waals surface area contributed by atoms with Crippen LogP contribution in [0, 0.1) is 6.92 Å². The maximum Gasteiger partial charge on any atom is 0.141 e. The van der Waals surface area contributed by atoms with Crippen LogP contribution in [-0.4, -0.2) is 0 Å². The van der Waals surface area contributed by atoms with Gasteiger partial charge in [0.15, 0.2) is 0 Å². The van der Waals surface area contributed by atoms with Crippen LogP contribution in [0.2, 0.25) is 0 Å². The smallest absolute Gasteiger partial charge is 0.141 e. The lowest BCUT2D eigenvalue weighted by atomic mass is 10.2. The maximum atomic E-state index is 5.93. The molecule has 1 aliphatic carbocycles. The van der Waals surface area contributed by atoms with Crippen molar-refractivity contribution in [2.75, 3.05) is 0 Å². The first-order valence-electron chi connectivity index (χ1n) is 6.66. The third kappa shape index (κ3) is 2.97. The Morgan fingerprint density at radius 1 is 1.00 bits per heavy atom. The largest absolute Gasteiger partial charge is 0.456 e. The van der Waals surface area contributed by atoms with Gasteiger partial charge in [-0.25, -0.2) is 0 Å². The molecule has 2 aromatic rings. The zero-order valence-corrected chi connectivity index (χ0v) is 12.4. The van der Waals surface area contributed by atoms with Crippen molar-refractivity contribution in [2.45, 2.75) is 23.6 Å². The first-order chi connectivity index (χ1) is 9.76. The standard InChI is InChI=1S/C18H16OS/c1-3-14-12-17(14)19-16-6-4-5-7-18(16)20-15-10-8-13(2)9-11-15/h3-12H,1-2H3/b14-3-. The van der Waals surface area contributed by atoms with E-state index in [0.717, 1.165) is 16.4 Å². The second-order valence-electron chi connectivity index (χ2n) is 4.72. The second kappa shape index (κ2) is 5.59. The second-order valence-corrected chi connectivity index (χ2v) is 5.83. The van der Waals surface area contributed by atoms with Crippen molar-refractivity contribution in [2.24, 2.45) is 0 Å². The van der Waals surface area contributed by atoms with Gasteiger partial charge in [-0.3, -0.25) is 0 Å². The van der Waals surface area contributed by atoms with E-state index in [-0.39, 0.29) is 0 Å². The summed E-state index contributed by atoms with van der Waals surface area (Å²) >= 11 is 1.73. The molecule has 3 rings (SSSR count). The van der Waals surface area contributed by atoms with Crippen molar-refractivity contribution in [3.8, 4) is 5.75 Å². The van der Waals surface area contributed by atoms with Crippen LogP contribution in [0.5, 0.6) is 5.75 Å². The number of ether oxygens (including phenoxy) is 1. The molecule has 1 nitrogen and oxygen atoms in total. The molecule has 0 unspecified atom stereocenters. The van der Waals surface area contributed by atoms with Gasteiger partial charge in [0.05, 0.1) is 4.90 Å². The lowest BCUT2D eigenvalue weighted by molar-refractivity contribution is 0.449. The highest BCUT2D eigenvalue weighted by atomic mass is 32.2.